The van der Waals surface area contributed by atoms with Gasteiger partial charge in [-0.25, -0.2) is 0 Å². The van der Waals surface area contributed by atoms with Crippen LogP contribution in [0.1, 0.15) is 54.9 Å². The highest BCUT2D eigenvalue weighted by atomic mass is 16.2. The Hall–Kier alpha value is -0.570. The van der Waals surface area contributed by atoms with Gasteiger partial charge in [0.05, 0.1) is 0 Å². The zero-order chi connectivity index (χ0) is 13.1. The summed E-state index contributed by atoms with van der Waals surface area (Å²) in [6, 6.07) is 0.797. The van der Waals surface area contributed by atoms with Crippen LogP contribution >= 0.6 is 0 Å². The Bertz CT molecular complexity index is 171. The van der Waals surface area contributed by atoms with E-state index in [9.17, 15) is 4.79 Å². The van der Waals surface area contributed by atoms with Gasteiger partial charge in [-0.05, 0) is 13.8 Å². The van der Waals surface area contributed by atoms with Gasteiger partial charge in [0.2, 0.25) is 5.91 Å². The maximum atomic E-state index is 11.4. The Morgan fingerprint density at radius 3 is 2.19 bits per heavy atom. The minimum atomic E-state index is 0.274. The van der Waals surface area contributed by atoms with E-state index in [1.54, 1.807) is 0 Å². The largest absolute Gasteiger partial charge is 0.337 e. The monoisotopic (exact) mass is 230 g/mol. The summed E-state index contributed by atoms with van der Waals surface area (Å²) in [5, 5.41) is 3.35. The third-order valence-corrected chi connectivity index (χ3v) is 2.39. The fourth-order valence-corrected chi connectivity index (χ4v) is 1.57. The molecule has 1 N–H and O–H groups in total. The van der Waals surface area contributed by atoms with E-state index in [0.717, 1.165) is 13.1 Å². The van der Waals surface area contributed by atoms with Crippen LogP contribution in [0.5, 0.6) is 0 Å². The molecule has 1 amide bonds. The first-order chi connectivity index (χ1) is 7.65. The molecule has 1 aliphatic heterocycles. The average Bonchev–Trinajstić information content (AvgIpc) is 2.36. The highest BCUT2D eigenvalue weighted by Crippen LogP contribution is 2.07. The normalized spacial score (nSPS) is 23.6. The van der Waals surface area contributed by atoms with E-state index >= 15 is 0 Å². The lowest BCUT2D eigenvalue weighted by atomic mass is 10.1. The van der Waals surface area contributed by atoms with Gasteiger partial charge in [-0.3, -0.25) is 4.79 Å². The Labute approximate surface area is 102 Å². The molecule has 2 unspecified atom stereocenters. The van der Waals surface area contributed by atoms with Crippen LogP contribution in [0.4, 0.5) is 0 Å². The quantitative estimate of drug-likeness (QED) is 0.751. The number of nitrogens with one attached hydrogen (secondary N) is 1. The Balaban J connectivity index is 0. The molecule has 0 aromatic heterocycles. The van der Waals surface area contributed by atoms with Gasteiger partial charge in [-0.1, -0.05) is 34.6 Å². The van der Waals surface area contributed by atoms with E-state index in [4.69, 9.17) is 0 Å². The number of piperazine rings is 1. The second-order valence-electron chi connectivity index (χ2n) is 3.56. The Morgan fingerprint density at radius 2 is 1.75 bits per heavy atom. The minimum Gasteiger partial charge on any atom is -0.337 e. The molecule has 0 radical (unpaired) electrons. The molecule has 0 aliphatic carbocycles. The van der Waals surface area contributed by atoms with Gasteiger partial charge in [0, 0.05) is 31.6 Å². The zero-order valence-electron chi connectivity index (χ0n) is 12.1. The lowest BCUT2D eigenvalue weighted by Crippen LogP contribution is -2.56. The summed E-state index contributed by atoms with van der Waals surface area (Å²) in [6.07, 6.45) is 0.622. The smallest absolute Gasteiger partial charge is 0.222 e. The number of amides is 1. The molecule has 0 bridgehead atoms. The number of carbonyl (C=O) groups is 1. The molecule has 98 valence electrons. The van der Waals surface area contributed by atoms with E-state index < -0.39 is 0 Å². The van der Waals surface area contributed by atoms with Crippen LogP contribution in [0.25, 0.3) is 0 Å². The Morgan fingerprint density at radius 1 is 1.25 bits per heavy atom. The van der Waals surface area contributed by atoms with Crippen molar-refractivity contribution in [2.24, 2.45) is 0 Å². The SMILES string of the molecule is CC.CC.CCC(=O)N1CC(C)NCC1C. The minimum absolute atomic E-state index is 0.274. The second kappa shape index (κ2) is 10.9. The van der Waals surface area contributed by atoms with Gasteiger partial charge in [-0.15, -0.1) is 0 Å². The molecule has 0 spiro atoms. The summed E-state index contributed by atoms with van der Waals surface area (Å²) in [5.74, 6) is 0.274. The summed E-state index contributed by atoms with van der Waals surface area (Å²) < 4.78 is 0. The summed E-state index contributed by atoms with van der Waals surface area (Å²) in [4.78, 5) is 13.4. The maximum absolute atomic E-state index is 11.4. The van der Waals surface area contributed by atoms with Gasteiger partial charge in [-0.2, -0.15) is 0 Å². The third-order valence-electron chi connectivity index (χ3n) is 2.39. The second-order valence-corrected chi connectivity index (χ2v) is 3.56. The first-order valence-corrected chi connectivity index (χ1v) is 6.68. The molecule has 16 heavy (non-hydrogen) atoms. The van der Waals surface area contributed by atoms with E-state index in [2.05, 4.69) is 19.2 Å². The van der Waals surface area contributed by atoms with Crippen molar-refractivity contribution >= 4 is 5.91 Å². The highest BCUT2D eigenvalue weighted by Gasteiger charge is 2.24. The lowest BCUT2D eigenvalue weighted by molar-refractivity contribution is -0.134. The van der Waals surface area contributed by atoms with Crippen molar-refractivity contribution in [1.82, 2.24) is 10.2 Å². The summed E-state index contributed by atoms with van der Waals surface area (Å²) >= 11 is 0. The topological polar surface area (TPSA) is 32.3 Å². The van der Waals surface area contributed by atoms with Crippen LogP contribution < -0.4 is 5.32 Å². The number of hydrogen-bond acceptors (Lipinski definition) is 2. The van der Waals surface area contributed by atoms with Crippen LogP contribution in [0, 0.1) is 0 Å². The van der Waals surface area contributed by atoms with Crippen molar-refractivity contribution in [2.45, 2.75) is 67.0 Å². The standard InChI is InChI=1S/C9H18N2O.2C2H6/c1-4-9(12)11-6-7(2)10-5-8(11)3;2*1-2/h7-8,10H,4-6H2,1-3H3;2*1-2H3. The van der Waals surface area contributed by atoms with Gasteiger partial charge < -0.3 is 10.2 Å². The lowest BCUT2D eigenvalue weighted by Gasteiger charge is -2.37. The van der Waals surface area contributed by atoms with E-state index in [1.165, 1.54) is 0 Å². The molecular formula is C13H30N2O. The van der Waals surface area contributed by atoms with Gasteiger partial charge in [0.15, 0.2) is 0 Å². The number of carbonyl (C=O) groups excluding carboxylic acids is 1. The maximum Gasteiger partial charge on any atom is 0.222 e. The first kappa shape index (κ1) is 17.8. The highest BCUT2D eigenvalue weighted by molar-refractivity contribution is 5.76. The molecule has 3 heteroatoms. The van der Waals surface area contributed by atoms with Crippen molar-refractivity contribution < 1.29 is 4.79 Å². The number of rotatable bonds is 1. The molecule has 1 saturated heterocycles. The van der Waals surface area contributed by atoms with Crippen molar-refractivity contribution in [1.29, 1.82) is 0 Å². The zero-order valence-corrected chi connectivity index (χ0v) is 12.1. The van der Waals surface area contributed by atoms with Crippen LogP contribution in [0.15, 0.2) is 0 Å². The number of hydrogen-bond donors (Lipinski definition) is 1. The Kier molecular flexibility index (Phi) is 12.2. The van der Waals surface area contributed by atoms with Crippen molar-refractivity contribution in [2.75, 3.05) is 13.1 Å². The van der Waals surface area contributed by atoms with Crippen LogP contribution in [0.2, 0.25) is 0 Å². The third kappa shape index (κ3) is 6.11. The van der Waals surface area contributed by atoms with Crippen LogP contribution in [-0.4, -0.2) is 36.0 Å². The van der Waals surface area contributed by atoms with Crippen LogP contribution in [-0.2, 0) is 4.79 Å². The van der Waals surface area contributed by atoms with Crippen molar-refractivity contribution in [3.63, 3.8) is 0 Å². The molecule has 1 fully saturated rings. The molecule has 3 nitrogen and oxygen atoms in total. The predicted octanol–water partition coefficient (Wildman–Crippen LogP) is 2.66. The molecule has 1 heterocycles. The van der Waals surface area contributed by atoms with Gasteiger partial charge in [0.25, 0.3) is 0 Å². The average molecular weight is 230 g/mol. The molecule has 0 saturated carbocycles. The molecule has 0 aromatic carbocycles. The van der Waals surface area contributed by atoms with E-state index in [-0.39, 0.29) is 5.91 Å². The van der Waals surface area contributed by atoms with Gasteiger partial charge >= 0.3 is 0 Å². The molecule has 2 atom stereocenters. The number of nitrogens with zero attached hydrogens (tertiary/aromatic N) is 1. The van der Waals surface area contributed by atoms with Crippen molar-refractivity contribution in [3.8, 4) is 0 Å². The fourth-order valence-electron chi connectivity index (χ4n) is 1.57. The molecule has 1 aliphatic rings. The van der Waals surface area contributed by atoms with E-state index in [1.807, 2.05) is 39.5 Å². The van der Waals surface area contributed by atoms with Crippen molar-refractivity contribution in [3.05, 3.63) is 0 Å². The first-order valence-electron chi connectivity index (χ1n) is 6.68. The molecular weight excluding hydrogens is 200 g/mol. The molecule has 1 rings (SSSR count). The summed E-state index contributed by atoms with van der Waals surface area (Å²) in [7, 11) is 0. The predicted molar refractivity (Wildman–Crippen MR) is 71.6 cm³/mol. The summed E-state index contributed by atoms with van der Waals surface area (Å²) in [6.45, 7) is 15.9. The fraction of sp³-hybridized carbons (Fsp3) is 0.923. The molecule has 0 aromatic rings. The van der Waals surface area contributed by atoms with Gasteiger partial charge in [0.1, 0.15) is 0 Å². The summed E-state index contributed by atoms with van der Waals surface area (Å²) in [5.41, 5.74) is 0. The van der Waals surface area contributed by atoms with Crippen LogP contribution in [0.3, 0.4) is 0 Å². The van der Waals surface area contributed by atoms with E-state index in [0.29, 0.717) is 18.5 Å².